The van der Waals surface area contributed by atoms with E-state index in [1.54, 1.807) is 31.6 Å². The van der Waals surface area contributed by atoms with Gasteiger partial charge < -0.3 is 20.3 Å². The van der Waals surface area contributed by atoms with Gasteiger partial charge in [0.15, 0.2) is 0 Å². The summed E-state index contributed by atoms with van der Waals surface area (Å²) < 4.78 is 5.14. The van der Waals surface area contributed by atoms with Crippen LogP contribution in [0.1, 0.15) is 37.1 Å². The van der Waals surface area contributed by atoms with Gasteiger partial charge in [0.1, 0.15) is 11.9 Å². The molecule has 0 saturated carbocycles. The zero-order valence-electron chi connectivity index (χ0n) is 18.4. The van der Waals surface area contributed by atoms with Gasteiger partial charge in [-0.2, -0.15) is 5.26 Å². The molecule has 3 N–H and O–H groups in total. The first-order valence-corrected chi connectivity index (χ1v) is 10.9. The first-order chi connectivity index (χ1) is 15.5. The molecule has 2 unspecified atom stereocenters. The molecule has 2 saturated heterocycles. The number of aromatic nitrogens is 2. The Hall–Kier alpha value is -3.22. The highest BCUT2D eigenvalue weighted by Crippen LogP contribution is 2.37. The minimum atomic E-state index is -0.393. The Balaban J connectivity index is 1.32. The smallest absolute Gasteiger partial charge is 0.223 e. The molecule has 0 aromatic carbocycles. The van der Waals surface area contributed by atoms with Crippen LogP contribution in [0.3, 0.4) is 0 Å². The summed E-state index contributed by atoms with van der Waals surface area (Å²) in [5.74, 6) is 2.00. The van der Waals surface area contributed by atoms with Crippen molar-refractivity contribution in [2.45, 2.75) is 38.0 Å². The molecule has 0 spiro atoms. The second-order valence-electron chi connectivity index (χ2n) is 8.47. The number of fused-ring (bicyclic) bond motifs is 2. The van der Waals surface area contributed by atoms with Crippen LogP contribution in [0.25, 0.3) is 0 Å². The minimum absolute atomic E-state index is 0.133. The van der Waals surface area contributed by atoms with Gasteiger partial charge in [0.2, 0.25) is 11.8 Å². The van der Waals surface area contributed by atoms with E-state index >= 15 is 0 Å². The maximum absolute atomic E-state index is 12.9. The molecule has 2 bridgehead atoms. The predicted octanol–water partition coefficient (Wildman–Crippen LogP) is 1.42. The lowest BCUT2D eigenvalue weighted by Gasteiger charge is -2.42. The lowest BCUT2D eigenvalue weighted by Crippen LogP contribution is -2.56. The van der Waals surface area contributed by atoms with Gasteiger partial charge in [-0.15, -0.1) is 0 Å². The van der Waals surface area contributed by atoms with Crippen LogP contribution in [-0.2, 0) is 4.79 Å². The third-order valence-electron chi connectivity index (χ3n) is 6.41. The molecular weight excluding hydrogens is 406 g/mol. The van der Waals surface area contributed by atoms with Crippen LogP contribution in [0, 0.1) is 17.2 Å². The lowest BCUT2D eigenvalue weighted by atomic mass is 10.0. The van der Waals surface area contributed by atoms with Crippen LogP contribution in [-0.4, -0.2) is 59.6 Å². The van der Waals surface area contributed by atoms with E-state index in [1.807, 2.05) is 17.0 Å². The summed E-state index contributed by atoms with van der Waals surface area (Å²) in [6, 6.07) is 9.92. The minimum Gasteiger partial charge on any atom is -0.481 e. The quantitative estimate of drug-likeness (QED) is 0.627. The Morgan fingerprint density at radius 2 is 2.22 bits per heavy atom. The fourth-order valence-corrected chi connectivity index (χ4v) is 4.74. The first kappa shape index (κ1) is 22.0. The van der Waals surface area contributed by atoms with Crippen molar-refractivity contribution in [1.82, 2.24) is 20.2 Å². The summed E-state index contributed by atoms with van der Waals surface area (Å²) in [5, 5.41) is 12.2. The number of anilines is 1. The van der Waals surface area contributed by atoms with Crippen LogP contribution in [0.15, 0.2) is 36.7 Å². The van der Waals surface area contributed by atoms with E-state index < -0.39 is 6.17 Å². The monoisotopic (exact) mass is 435 g/mol. The number of carbonyl (C=O) groups excluding carboxylic acids is 1. The number of hydrogen-bond donors (Lipinski definition) is 2. The van der Waals surface area contributed by atoms with Gasteiger partial charge in [0.05, 0.1) is 24.9 Å². The molecule has 0 radical (unpaired) electrons. The highest BCUT2D eigenvalue weighted by molar-refractivity contribution is 5.77. The zero-order valence-corrected chi connectivity index (χ0v) is 18.4. The maximum atomic E-state index is 12.9. The van der Waals surface area contributed by atoms with Crippen molar-refractivity contribution in [3.63, 3.8) is 0 Å². The molecule has 9 nitrogen and oxygen atoms in total. The van der Waals surface area contributed by atoms with Crippen LogP contribution in [0.2, 0.25) is 0 Å². The van der Waals surface area contributed by atoms with E-state index in [4.69, 9.17) is 15.7 Å². The number of nitrogens with zero attached hydrogens (tertiary/aromatic N) is 5. The van der Waals surface area contributed by atoms with E-state index in [9.17, 15) is 4.79 Å². The number of nitrogens with two attached hydrogens (primary N) is 1. The average Bonchev–Trinajstić information content (AvgIpc) is 3.02. The fourth-order valence-electron chi connectivity index (χ4n) is 4.74. The normalized spacial score (nSPS) is 23.0. The Bertz CT molecular complexity index is 991. The van der Waals surface area contributed by atoms with Gasteiger partial charge in [-0.25, -0.2) is 9.97 Å². The van der Waals surface area contributed by atoms with E-state index in [1.165, 1.54) is 0 Å². The van der Waals surface area contributed by atoms with Gasteiger partial charge in [-0.1, -0.05) is 6.92 Å². The van der Waals surface area contributed by atoms with Crippen LogP contribution in [0.5, 0.6) is 5.88 Å². The summed E-state index contributed by atoms with van der Waals surface area (Å²) in [4.78, 5) is 25.8. The number of amides is 1. The number of hydrogen-bond acceptors (Lipinski definition) is 8. The van der Waals surface area contributed by atoms with Crippen LogP contribution < -0.4 is 20.7 Å². The average molecular weight is 436 g/mol. The molecule has 2 aromatic heterocycles. The number of piperazine rings is 1. The summed E-state index contributed by atoms with van der Waals surface area (Å²) >= 11 is 0. The maximum Gasteiger partial charge on any atom is 0.223 e. The molecule has 168 valence electrons. The number of likely N-dealkylation sites (tertiary alicyclic amines) is 1. The molecule has 0 aliphatic carbocycles. The van der Waals surface area contributed by atoms with Crippen LogP contribution in [0.4, 0.5) is 5.82 Å². The van der Waals surface area contributed by atoms with Crippen molar-refractivity contribution in [3.05, 3.63) is 47.8 Å². The molecule has 2 fully saturated rings. The number of rotatable bonds is 7. The Morgan fingerprint density at radius 3 is 2.91 bits per heavy atom. The van der Waals surface area contributed by atoms with Crippen LogP contribution >= 0.6 is 0 Å². The van der Waals surface area contributed by atoms with Crippen molar-refractivity contribution >= 4 is 11.7 Å². The van der Waals surface area contributed by atoms with Crippen molar-refractivity contribution in [2.75, 3.05) is 31.6 Å². The van der Waals surface area contributed by atoms with Gasteiger partial charge >= 0.3 is 0 Å². The third kappa shape index (κ3) is 4.52. The standard InChI is InChI=1S/C23H29N7O2/c1-15-9-18-13-29(14-19(15)30(18)20-4-3-16(11-24)12-28-20)22(31)6-8-27-23(25)17-5-7-26-21(10-17)32-2/h3-5,7,10,12,15,18-19,23,27H,6,8-9,13-14,25H2,1-2H3/t15-,18?,19?,23+/m0/s1. The summed E-state index contributed by atoms with van der Waals surface area (Å²) in [5.41, 5.74) is 7.62. The van der Waals surface area contributed by atoms with E-state index in [2.05, 4.69) is 33.2 Å². The molecule has 2 aromatic rings. The highest BCUT2D eigenvalue weighted by Gasteiger charge is 2.45. The number of methoxy groups -OCH3 is 1. The number of nitrogens with one attached hydrogen (secondary N) is 1. The number of nitriles is 1. The first-order valence-electron chi connectivity index (χ1n) is 10.9. The largest absolute Gasteiger partial charge is 0.481 e. The second-order valence-corrected chi connectivity index (χ2v) is 8.47. The molecule has 2 aliphatic heterocycles. The van der Waals surface area contributed by atoms with Crippen molar-refractivity contribution < 1.29 is 9.53 Å². The molecule has 32 heavy (non-hydrogen) atoms. The van der Waals surface area contributed by atoms with E-state index in [0.29, 0.717) is 43.4 Å². The van der Waals surface area contributed by atoms with Gasteiger partial charge in [0, 0.05) is 50.6 Å². The van der Waals surface area contributed by atoms with Crippen molar-refractivity contribution in [3.8, 4) is 11.9 Å². The lowest BCUT2D eigenvalue weighted by molar-refractivity contribution is -0.132. The Morgan fingerprint density at radius 1 is 1.38 bits per heavy atom. The summed E-state index contributed by atoms with van der Waals surface area (Å²) in [6.45, 7) is 4.10. The molecule has 9 heteroatoms. The summed E-state index contributed by atoms with van der Waals surface area (Å²) in [7, 11) is 1.56. The Kier molecular flexibility index (Phi) is 6.53. The Labute approximate surface area is 188 Å². The topological polar surface area (TPSA) is 120 Å². The zero-order chi connectivity index (χ0) is 22.7. The second kappa shape index (κ2) is 9.51. The summed E-state index contributed by atoms with van der Waals surface area (Å²) in [6.07, 6.45) is 4.29. The number of ether oxygens (including phenoxy) is 1. The SMILES string of the molecule is COc1cc([C@H](N)NCCC(=O)N2CC3C[C@H](C)C(C2)N3c2ccc(C#N)cn2)ccn1. The number of pyridine rings is 2. The molecule has 4 atom stereocenters. The molecule has 4 rings (SSSR count). The fraction of sp³-hybridized carbons (Fsp3) is 0.478. The molecule has 2 aliphatic rings. The highest BCUT2D eigenvalue weighted by atomic mass is 16.5. The van der Waals surface area contributed by atoms with E-state index in [0.717, 1.165) is 17.8 Å². The third-order valence-corrected chi connectivity index (χ3v) is 6.41. The van der Waals surface area contributed by atoms with Crippen molar-refractivity contribution in [2.24, 2.45) is 11.7 Å². The van der Waals surface area contributed by atoms with Gasteiger partial charge in [0.25, 0.3) is 0 Å². The predicted molar refractivity (Wildman–Crippen MR) is 120 cm³/mol. The van der Waals surface area contributed by atoms with Crippen molar-refractivity contribution in [1.29, 1.82) is 5.26 Å². The molecular formula is C23H29N7O2. The molecule has 1 amide bonds. The molecule has 4 heterocycles. The van der Waals surface area contributed by atoms with Gasteiger partial charge in [-0.05, 0) is 36.1 Å². The van der Waals surface area contributed by atoms with Gasteiger partial charge in [-0.3, -0.25) is 10.1 Å². The van der Waals surface area contributed by atoms with E-state index in [-0.39, 0.29) is 18.0 Å². The number of carbonyl (C=O) groups is 1.